The molecule has 15 heavy (non-hydrogen) atoms. The molecule has 4 heteroatoms. The lowest BCUT2D eigenvalue weighted by Gasteiger charge is -2.09. The Morgan fingerprint density at radius 2 is 2.33 bits per heavy atom. The molecule has 80 valence electrons. The molecule has 3 N–H and O–H groups in total. The number of anilines is 1. The number of nitriles is 1. The summed E-state index contributed by atoms with van der Waals surface area (Å²) in [6.45, 7) is 2.25. The molecule has 0 aliphatic carbocycles. The third-order valence-electron chi connectivity index (χ3n) is 2.02. The quantitative estimate of drug-likeness (QED) is 0.604. The van der Waals surface area contributed by atoms with Gasteiger partial charge in [-0.05, 0) is 24.6 Å². The van der Waals surface area contributed by atoms with Crippen LogP contribution in [-0.4, -0.2) is 17.0 Å². The van der Waals surface area contributed by atoms with Gasteiger partial charge in [-0.1, -0.05) is 6.92 Å². The van der Waals surface area contributed by atoms with Gasteiger partial charge in [0.05, 0.1) is 11.3 Å². The van der Waals surface area contributed by atoms with E-state index in [4.69, 9.17) is 16.1 Å². The van der Waals surface area contributed by atoms with Crippen LogP contribution < -0.4 is 5.73 Å². The molecule has 3 nitrogen and oxygen atoms in total. The highest BCUT2D eigenvalue weighted by molar-refractivity contribution is 7.99. The first-order valence-electron chi connectivity index (χ1n) is 4.74. The monoisotopic (exact) mass is 222 g/mol. The summed E-state index contributed by atoms with van der Waals surface area (Å²) in [6.07, 6.45) is 0.755. The maximum atomic E-state index is 8.77. The van der Waals surface area contributed by atoms with E-state index in [1.807, 2.05) is 12.1 Å². The number of thioether (sulfide) groups is 1. The summed E-state index contributed by atoms with van der Waals surface area (Å²) in [6, 6.07) is 7.44. The molecule has 0 saturated heterocycles. The van der Waals surface area contributed by atoms with Crippen molar-refractivity contribution < 1.29 is 5.11 Å². The molecule has 1 unspecified atom stereocenters. The van der Waals surface area contributed by atoms with E-state index in [1.54, 1.807) is 23.9 Å². The molecule has 1 rings (SSSR count). The molecule has 1 aromatic carbocycles. The normalized spacial score (nSPS) is 12.1. The van der Waals surface area contributed by atoms with E-state index < -0.39 is 0 Å². The standard InChI is InChI=1S/C11H14N2OS/c1-8(4-5-14)15-10-3-2-9(7-12)11(13)6-10/h2-3,6,8,14H,4-5,13H2,1H3. The molecular formula is C11H14N2OS. The zero-order valence-corrected chi connectivity index (χ0v) is 9.42. The van der Waals surface area contributed by atoms with Crippen LogP contribution in [0.5, 0.6) is 0 Å². The van der Waals surface area contributed by atoms with Crippen LogP contribution in [0.25, 0.3) is 0 Å². The predicted molar refractivity (Wildman–Crippen MR) is 62.6 cm³/mol. The van der Waals surface area contributed by atoms with Gasteiger partial charge in [-0.15, -0.1) is 11.8 Å². The highest BCUT2D eigenvalue weighted by atomic mass is 32.2. The number of nitrogens with zero attached hydrogens (tertiary/aromatic N) is 1. The van der Waals surface area contributed by atoms with E-state index in [2.05, 4.69) is 6.92 Å². The minimum Gasteiger partial charge on any atom is -0.398 e. The van der Waals surface area contributed by atoms with E-state index >= 15 is 0 Å². The van der Waals surface area contributed by atoms with Gasteiger partial charge in [0.25, 0.3) is 0 Å². The minimum atomic E-state index is 0.194. The van der Waals surface area contributed by atoms with E-state index in [9.17, 15) is 0 Å². The number of aliphatic hydroxyl groups is 1. The topological polar surface area (TPSA) is 70.0 Å². The van der Waals surface area contributed by atoms with Gasteiger partial charge in [-0.3, -0.25) is 0 Å². The Hall–Kier alpha value is -1.18. The van der Waals surface area contributed by atoms with Gasteiger partial charge in [-0.2, -0.15) is 5.26 Å². The molecule has 1 atom stereocenters. The fourth-order valence-electron chi connectivity index (χ4n) is 1.19. The summed E-state index contributed by atoms with van der Waals surface area (Å²) in [4.78, 5) is 1.03. The van der Waals surface area contributed by atoms with E-state index in [0.717, 1.165) is 11.3 Å². The van der Waals surface area contributed by atoms with Crippen LogP contribution in [-0.2, 0) is 0 Å². The van der Waals surface area contributed by atoms with Crippen LogP contribution in [0.4, 0.5) is 5.69 Å². The van der Waals surface area contributed by atoms with Gasteiger partial charge < -0.3 is 10.8 Å². The summed E-state index contributed by atoms with van der Waals surface area (Å²) < 4.78 is 0. The van der Waals surface area contributed by atoms with Crippen LogP contribution >= 0.6 is 11.8 Å². The zero-order chi connectivity index (χ0) is 11.3. The lowest BCUT2D eigenvalue weighted by molar-refractivity contribution is 0.289. The second-order valence-electron chi connectivity index (χ2n) is 3.30. The van der Waals surface area contributed by atoms with Crippen LogP contribution in [0.2, 0.25) is 0 Å². The molecule has 0 radical (unpaired) electrons. The van der Waals surface area contributed by atoms with Gasteiger partial charge in [0.15, 0.2) is 0 Å². The van der Waals surface area contributed by atoms with Gasteiger partial charge in [0.2, 0.25) is 0 Å². The first kappa shape index (κ1) is 11.9. The fourth-order valence-corrected chi connectivity index (χ4v) is 2.22. The molecule has 0 aliphatic rings. The molecule has 0 saturated carbocycles. The van der Waals surface area contributed by atoms with Crippen molar-refractivity contribution in [1.82, 2.24) is 0 Å². The largest absolute Gasteiger partial charge is 0.398 e. The Kier molecular flexibility index (Phi) is 4.47. The number of aliphatic hydroxyl groups excluding tert-OH is 1. The second-order valence-corrected chi connectivity index (χ2v) is 4.81. The smallest absolute Gasteiger partial charge is 0.101 e. The van der Waals surface area contributed by atoms with Crippen molar-refractivity contribution in [2.75, 3.05) is 12.3 Å². The van der Waals surface area contributed by atoms with Crippen molar-refractivity contribution in [2.24, 2.45) is 0 Å². The first-order valence-corrected chi connectivity index (χ1v) is 5.62. The molecule has 0 aliphatic heterocycles. The van der Waals surface area contributed by atoms with Gasteiger partial charge in [-0.25, -0.2) is 0 Å². The number of nitrogen functional groups attached to an aromatic ring is 1. The van der Waals surface area contributed by atoms with Gasteiger partial charge in [0.1, 0.15) is 6.07 Å². The average molecular weight is 222 g/mol. The van der Waals surface area contributed by atoms with Crippen LogP contribution in [0.15, 0.2) is 23.1 Å². The van der Waals surface area contributed by atoms with Gasteiger partial charge >= 0.3 is 0 Å². The molecule has 0 heterocycles. The Bertz CT molecular complexity index is 373. The number of hydrogen-bond acceptors (Lipinski definition) is 4. The number of benzene rings is 1. The van der Waals surface area contributed by atoms with Crippen molar-refractivity contribution in [3.05, 3.63) is 23.8 Å². The van der Waals surface area contributed by atoms with Crippen molar-refractivity contribution in [2.45, 2.75) is 23.5 Å². The maximum Gasteiger partial charge on any atom is 0.101 e. The molecule has 0 fully saturated rings. The Morgan fingerprint density at radius 1 is 1.60 bits per heavy atom. The highest BCUT2D eigenvalue weighted by Crippen LogP contribution is 2.27. The minimum absolute atomic E-state index is 0.194. The fraction of sp³-hybridized carbons (Fsp3) is 0.364. The lowest BCUT2D eigenvalue weighted by Crippen LogP contribution is -1.99. The van der Waals surface area contributed by atoms with Crippen molar-refractivity contribution >= 4 is 17.4 Å². The lowest BCUT2D eigenvalue weighted by atomic mass is 10.2. The number of rotatable bonds is 4. The van der Waals surface area contributed by atoms with Crippen molar-refractivity contribution in [3.63, 3.8) is 0 Å². The first-order chi connectivity index (χ1) is 7.17. The highest BCUT2D eigenvalue weighted by Gasteiger charge is 2.05. The SMILES string of the molecule is CC(CCO)Sc1ccc(C#N)c(N)c1. The summed E-state index contributed by atoms with van der Waals surface area (Å²) in [5.74, 6) is 0. The summed E-state index contributed by atoms with van der Waals surface area (Å²) >= 11 is 1.65. The van der Waals surface area contributed by atoms with E-state index in [0.29, 0.717) is 16.5 Å². The maximum absolute atomic E-state index is 8.77. The molecular weight excluding hydrogens is 208 g/mol. The van der Waals surface area contributed by atoms with E-state index in [-0.39, 0.29) is 6.61 Å². The Balaban J connectivity index is 2.72. The van der Waals surface area contributed by atoms with Crippen LogP contribution in [0.3, 0.4) is 0 Å². The molecule has 1 aromatic rings. The van der Waals surface area contributed by atoms with Crippen molar-refractivity contribution in [3.8, 4) is 6.07 Å². The Labute approximate surface area is 93.9 Å². The Morgan fingerprint density at radius 3 is 2.87 bits per heavy atom. The second kappa shape index (κ2) is 5.64. The van der Waals surface area contributed by atoms with E-state index in [1.165, 1.54) is 0 Å². The van der Waals surface area contributed by atoms with Crippen molar-refractivity contribution in [1.29, 1.82) is 5.26 Å². The molecule has 0 amide bonds. The third kappa shape index (κ3) is 3.46. The average Bonchev–Trinajstić information content (AvgIpc) is 2.18. The zero-order valence-electron chi connectivity index (χ0n) is 8.60. The van der Waals surface area contributed by atoms with Gasteiger partial charge in [0, 0.05) is 16.8 Å². The summed E-state index contributed by atoms with van der Waals surface area (Å²) in [7, 11) is 0. The number of nitrogens with two attached hydrogens (primary N) is 1. The predicted octanol–water partition coefficient (Wildman–Crippen LogP) is 2.00. The van der Waals surface area contributed by atoms with Crippen LogP contribution in [0, 0.1) is 11.3 Å². The van der Waals surface area contributed by atoms with Crippen LogP contribution in [0.1, 0.15) is 18.9 Å². The molecule has 0 spiro atoms. The molecule has 0 aromatic heterocycles. The third-order valence-corrected chi connectivity index (χ3v) is 3.18. The summed E-state index contributed by atoms with van der Waals surface area (Å²) in [5, 5.41) is 17.8. The number of hydrogen-bond donors (Lipinski definition) is 2. The molecule has 0 bridgehead atoms. The summed E-state index contributed by atoms with van der Waals surface area (Å²) in [5.41, 5.74) is 6.72.